The van der Waals surface area contributed by atoms with Gasteiger partial charge in [-0.2, -0.15) is 0 Å². The minimum absolute atomic E-state index is 0.0495. The fourth-order valence-corrected chi connectivity index (χ4v) is 1.75. The van der Waals surface area contributed by atoms with E-state index >= 15 is 0 Å². The Hall–Kier alpha value is -2.80. The van der Waals surface area contributed by atoms with Gasteiger partial charge in [-0.1, -0.05) is 24.1 Å². The number of hydrogen-bond acceptors (Lipinski definition) is 3. The summed E-state index contributed by atoms with van der Waals surface area (Å²) in [5.41, 5.74) is 2.14. The highest BCUT2D eigenvalue weighted by Gasteiger charge is 2.06. The molecule has 2 rings (SSSR count). The SMILES string of the molecule is C#CCOC(=O)c1cccc(NCc2ccc(F)cc2)c1. The highest BCUT2D eigenvalue weighted by molar-refractivity contribution is 5.90. The van der Waals surface area contributed by atoms with Crippen LogP contribution in [-0.2, 0) is 11.3 Å². The van der Waals surface area contributed by atoms with Crippen LogP contribution in [0, 0.1) is 18.2 Å². The topological polar surface area (TPSA) is 38.3 Å². The molecule has 2 aromatic rings. The number of anilines is 1. The number of esters is 1. The molecule has 106 valence electrons. The van der Waals surface area contributed by atoms with Crippen molar-refractivity contribution in [2.75, 3.05) is 11.9 Å². The summed E-state index contributed by atoms with van der Waals surface area (Å²) >= 11 is 0. The Morgan fingerprint density at radius 2 is 2.00 bits per heavy atom. The van der Waals surface area contributed by atoms with Crippen molar-refractivity contribution < 1.29 is 13.9 Å². The molecule has 21 heavy (non-hydrogen) atoms. The number of carbonyl (C=O) groups excluding carboxylic acids is 1. The predicted molar refractivity (Wildman–Crippen MR) is 79.3 cm³/mol. The summed E-state index contributed by atoms with van der Waals surface area (Å²) in [5.74, 6) is 1.52. The molecule has 0 aliphatic rings. The molecule has 0 saturated carbocycles. The Kier molecular flexibility index (Phi) is 4.94. The molecular weight excluding hydrogens is 269 g/mol. The van der Waals surface area contributed by atoms with Gasteiger partial charge in [-0.3, -0.25) is 0 Å². The van der Waals surface area contributed by atoms with Crippen LogP contribution in [0.1, 0.15) is 15.9 Å². The quantitative estimate of drug-likeness (QED) is 0.676. The average molecular weight is 283 g/mol. The van der Waals surface area contributed by atoms with E-state index < -0.39 is 5.97 Å². The molecular formula is C17H14FNO2. The van der Waals surface area contributed by atoms with E-state index in [4.69, 9.17) is 11.2 Å². The number of ether oxygens (including phenoxy) is 1. The zero-order chi connectivity index (χ0) is 15.1. The minimum Gasteiger partial charge on any atom is -0.449 e. The van der Waals surface area contributed by atoms with E-state index in [9.17, 15) is 9.18 Å². The highest BCUT2D eigenvalue weighted by atomic mass is 19.1. The van der Waals surface area contributed by atoms with Crippen LogP contribution >= 0.6 is 0 Å². The van der Waals surface area contributed by atoms with Crippen LogP contribution in [0.5, 0.6) is 0 Å². The molecule has 0 bridgehead atoms. The first-order valence-corrected chi connectivity index (χ1v) is 6.38. The van der Waals surface area contributed by atoms with Crippen molar-refractivity contribution in [3.63, 3.8) is 0 Å². The Labute approximate surface area is 122 Å². The van der Waals surface area contributed by atoms with Gasteiger partial charge in [0.15, 0.2) is 6.61 Å². The van der Waals surface area contributed by atoms with Crippen LogP contribution in [0.4, 0.5) is 10.1 Å². The van der Waals surface area contributed by atoms with Crippen molar-refractivity contribution in [3.8, 4) is 12.3 Å². The van der Waals surface area contributed by atoms with Crippen LogP contribution < -0.4 is 5.32 Å². The lowest BCUT2D eigenvalue weighted by Crippen LogP contribution is -2.06. The second-order valence-electron chi connectivity index (χ2n) is 4.34. The van der Waals surface area contributed by atoms with Crippen LogP contribution in [0.3, 0.4) is 0 Å². The maximum absolute atomic E-state index is 12.8. The molecule has 0 saturated heterocycles. The van der Waals surface area contributed by atoms with E-state index in [1.54, 1.807) is 30.3 Å². The van der Waals surface area contributed by atoms with Crippen molar-refractivity contribution in [1.29, 1.82) is 0 Å². The first-order chi connectivity index (χ1) is 10.2. The zero-order valence-corrected chi connectivity index (χ0v) is 11.3. The third kappa shape index (κ3) is 4.36. The van der Waals surface area contributed by atoms with Crippen LogP contribution in [-0.4, -0.2) is 12.6 Å². The molecule has 0 fully saturated rings. The van der Waals surface area contributed by atoms with E-state index in [-0.39, 0.29) is 12.4 Å². The first kappa shape index (κ1) is 14.6. The van der Waals surface area contributed by atoms with Gasteiger partial charge in [0.05, 0.1) is 5.56 Å². The van der Waals surface area contributed by atoms with E-state index in [0.29, 0.717) is 12.1 Å². The summed E-state index contributed by atoms with van der Waals surface area (Å²) in [4.78, 5) is 11.7. The minimum atomic E-state index is -0.460. The molecule has 0 aromatic heterocycles. The lowest BCUT2D eigenvalue weighted by Gasteiger charge is -2.08. The third-order valence-electron chi connectivity index (χ3n) is 2.79. The predicted octanol–water partition coefficient (Wildman–Crippen LogP) is 3.23. The van der Waals surface area contributed by atoms with E-state index in [1.807, 2.05) is 6.07 Å². The van der Waals surface area contributed by atoms with Gasteiger partial charge in [0.2, 0.25) is 0 Å². The summed E-state index contributed by atoms with van der Waals surface area (Å²) in [6.07, 6.45) is 5.04. The summed E-state index contributed by atoms with van der Waals surface area (Å²) < 4.78 is 17.7. The largest absolute Gasteiger partial charge is 0.449 e. The molecule has 0 radical (unpaired) electrons. The van der Waals surface area contributed by atoms with Crippen LogP contribution in [0.25, 0.3) is 0 Å². The van der Waals surface area contributed by atoms with Crippen LogP contribution in [0.2, 0.25) is 0 Å². The summed E-state index contributed by atoms with van der Waals surface area (Å²) in [6, 6.07) is 13.1. The zero-order valence-electron chi connectivity index (χ0n) is 11.3. The molecule has 4 heteroatoms. The summed E-state index contributed by atoms with van der Waals surface area (Å²) in [5, 5.41) is 3.16. The molecule has 0 aliphatic carbocycles. The molecule has 2 aromatic carbocycles. The Balaban J connectivity index is 1.99. The fourth-order valence-electron chi connectivity index (χ4n) is 1.75. The number of terminal acetylenes is 1. The van der Waals surface area contributed by atoms with Crippen LogP contribution in [0.15, 0.2) is 48.5 Å². The van der Waals surface area contributed by atoms with Gasteiger partial charge >= 0.3 is 5.97 Å². The Morgan fingerprint density at radius 3 is 2.71 bits per heavy atom. The van der Waals surface area contributed by atoms with Gasteiger partial charge in [-0.15, -0.1) is 6.42 Å². The number of carbonyl (C=O) groups is 1. The molecule has 0 unspecified atom stereocenters. The normalized spacial score (nSPS) is 9.71. The lowest BCUT2D eigenvalue weighted by atomic mass is 10.2. The Bertz CT molecular complexity index is 659. The van der Waals surface area contributed by atoms with Gasteiger partial charge in [0, 0.05) is 12.2 Å². The molecule has 1 N–H and O–H groups in total. The smallest absolute Gasteiger partial charge is 0.339 e. The molecule has 0 heterocycles. The van der Waals surface area contributed by atoms with Crippen molar-refractivity contribution in [1.82, 2.24) is 0 Å². The van der Waals surface area contributed by atoms with Crippen molar-refractivity contribution in [2.24, 2.45) is 0 Å². The monoisotopic (exact) mass is 283 g/mol. The third-order valence-corrected chi connectivity index (χ3v) is 2.79. The standard InChI is InChI=1S/C17H14FNO2/c1-2-10-21-17(20)14-4-3-5-16(11-14)19-12-13-6-8-15(18)9-7-13/h1,3-9,11,19H,10,12H2. The molecule has 0 aliphatic heterocycles. The fraction of sp³-hybridized carbons (Fsp3) is 0.118. The van der Waals surface area contributed by atoms with Gasteiger partial charge < -0.3 is 10.1 Å². The summed E-state index contributed by atoms with van der Waals surface area (Å²) in [6.45, 7) is 0.481. The van der Waals surface area contributed by atoms with E-state index in [0.717, 1.165) is 11.3 Å². The van der Waals surface area contributed by atoms with E-state index in [1.165, 1.54) is 12.1 Å². The highest BCUT2D eigenvalue weighted by Crippen LogP contribution is 2.13. The number of rotatable bonds is 5. The maximum atomic E-state index is 12.8. The number of nitrogens with one attached hydrogen (secondary N) is 1. The lowest BCUT2D eigenvalue weighted by molar-refractivity contribution is 0.0557. The van der Waals surface area contributed by atoms with Gasteiger partial charge in [0.1, 0.15) is 5.82 Å². The van der Waals surface area contributed by atoms with E-state index in [2.05, 4.69) is 11.2 Å². The number of halogens is 1. The van der Waals surface area contributed by atoms with Gasteiger partial charge in [0.25, 0.3) is 0 Å². The second kappa shape index (κ2) is 7.11. The number of hydrogen-bond donors (Lipinski definition) is 1. The van der Waals surface area contributed by atoms with Crippen molar-refractivity contribution in [3.05, 3.63) is 65.5 Å². The van der Waals surface area contributed by atoms with Crippen molar-refractivity contribution in [2.45, 2.75) is 6.54 Å². The Morgan fingerprint density at radius 1 is 1.24 bits per heavy atom. The maximum Gasteiger partial charge on any atom is 0.339 e. The van der Waals surface area contributed by atoms with Crippen molar-refractivity contribution >= 4 is 11.7 Å². The molecule has 0 amide bonds. The van der Waals surface area contributed by atoms with Gasteiger partial charge in [-0.25, -0.2) is 9.18 Å². The average Bonchev–Trinajstić information content (AvgIpc) is 2.52. The number of benzene rings is 2. The molecule has 0 atom stereocenters. The molecule has 0 spiro atoms. The molecule has 3 nitrogen and oxygen atoms in total. The summed E-state index contributed by atoms with van der Waals surface area (Å²) in [7, 11) is 0. The van der Waals surface area contributed by atoms with Gasteiger partial charge in [-0.05, 0) is 35.9 Å². The second-order valence-corrected chi connectivity index (χ2v) is 4.34. The first-order valence-electron chi connectivity index (χ1n) is 6.38.